The van der Waals surface area contributed by atoms with Crippen LogP contribution in [0.3, 0.4) is 0 Å². The predicted molar refractivity (Wildman–Crippen MR) is 103 cm³/mol. The fraction of sp³-hybridized carbons (Fsp3) is 0.158. The van der Waals surface area contributed by atoms with Crippen LogP contribution < -0.4 is 15.9 Å². The van der Waals surface area contributed by atoms with Crippen LogP contribution in [0.2, 0.25) is 5.02 Å². The zero-order valence-corrected chi connectivity index (χ0v) is 15.5. The lowest BCUT2D eigenvalue weighted by Crippen LogP contribution is -2.37. The summed E-state index contributed by atoms with van der Waals surface area (Å²) < 4.78 is 1.99. The minimum Gasteiger partial charge on any atom is -0.350 e. The number of nitrogens with zero attached hydrogens (tertiary/aromatic N) is 4. The van der Waals surface area contributed by atoms with Gasteiger partial charge in [-0.05, 0) is 23.8 Å². The third-order valence-electron chi connectivity index (χ3n) is 4.42. The molecule has 9 heteroatoms. The third-order valence-corrected chi connectivity index (χ3v) is 4.79. The van der Waals surface area contributed by atoms with Crippen molar-refractivity contribution in [2.24, 2.45) is 0 Å². The lowest BCUT2D eigenvalue weighted by molar-refractivity contribution is -0.122. The molecule has 0 unspecified atom stereocenters. The molecule has 0 fully saturated rings. The Hall–Kier alpha value is -3.39. The molecule has 3 aromatic rings. The van der Waals surface area contributed by atoms with Gasteiger partial charge < -0.3 is 5.32 Å². The highest BCUT2D eigenvalue weighted by molar-refractivity contribution is 6.31. The van der Waals surface area contributed by atoms with E-state index >= 15 is 0 Å². The van der Waals surface area contributed by atoms with Crippen LogP contribution in [0.5, 0.6) is 0 Å². The standard InChI is InChI=1S/C19H16ClN5O3/c20-15-9-5-4-6-13(15)10-21-17(26)12-24-19(28)25-16(22-24)11-23(18(25)27)14-7-2-1-3-8-14/h1-9H,10-12H2,(H,21,26). The van der Waals surface area contributed by atoms with Crippen molar-refractivity contribution in [2.45, 2.75) is 19.6 Å². The SMILES string of the molecule is O=C(Cn1nc2n(c1=O)C(=O)N(c1ccccc1)C2)NCc1ccccc1Cl. The van der Waals surface area contributed by atoms with Crippen molar-refractivity contribution in [1.29, 1.82) is 0 Å². The molecule has 1 N–H and O–H groups in total. The lowest BCUT2D eigenvalue weighted by Gasteiger charge is -2.14. The van der Waals surface area contributed by atoms with Crippen LogP contribution in [0, 0.1) is 0 Å². The van der Waals surface area contributed by atoms with Crippen molar-refractivity contribution in [1.82, 2.24) is 19.7 Å². The van der Waals surface area contributed by atoms with Crippen LogP contribution >= 0.6 is 11.6 Å². The topological polar surface area (TPSA) is 89.2 Å². The number of carbonyl (C=O) groups is 2. The van der Waals surface area contributed by atoms with E-state index in [1.165, 1.54) is 4.90 Å². The van der Waals surface area contributed by atoms with Gasteiger partial charge in [-0.1, -0.05) is 48.0 Å². The first kappa shape index (κ1) is 18.0. The van der Waals surface area contributed by atoms with Gasteiger partial charge >= 0.3 is 11.7 Å². The molecule has 0 bridgehead atoms. The minimum atomic E-state index is -0.633. The summed E-state index contributed by atoms with van der Waals surface area (Å²) in [4.78, 5) is 38.8. The van der Waals surface area contributed by atoms with Crippen LogP contribution in [-0.2, 0) is 24.4 Å². The van der Waals surface area contributed by atoms with Gasteiger partial charge in [-0.2, -0.15) is 9.67 Å². The Morgan fingerprint density at radius 2 is 1.79 bits per heavy atom. The molecule has 1 aliphatic heterocycles. The molecule has 1 aromatic heterocycles. The summed E-state index contributed by atoms with van der Waals surface area (Å²) in [6, 6.07) is 15.7. The fourth-order valence-corrected chi connectivity index (χ4v) is 3.22. The van der Waals surface area contributed by atoms with Crippen molar-refractivity contribution < 1.29 is 9.59 Å². The number of fused-ring (bicyclic) bond motifs is 1. The molecule has 0 spiro atoms. The Balaban J connectivity index is 1.45. The third kappa shape index (κ3) is 3.29. The van der Waals surface area contributed by atoms with E-state index in [1.54, 1.807) is 30.3 Å². The highest BCUT2D eigenvalue weighted by atomic mass is 35.5. The minimum absolute atomic E-state index is 0.173. The van der Waals surface area contributed by atoms with Crippen molar-refractivity contribution >= 4 is 29.2 Å². The van der Waals surface area contributed by atoms with Crippen molar-refractivity contribution in [2.75, 3.05) is 4.90 Å². The molecule has 0 atom stereocenters. The summed E-state index contributed by atoms with van der Waals surface area (Å²) in [7, 11) is 0. The van der Waals surface area contributed by atoms with E-state index in [0.717, 1.165) is 14.8 Å². The van der Waals surface area contributed by atoms with E-state index in [0.29, 0.717) is 16.5 Å². The highest BCUT2D eigenvalue weighted by Crippen LogP contribution is 2.21. The normalized spacial score (nSPS) is 12.9. The quantitative estimate of drug-likeness (QED) is 0.713. The molecule has 0 aliphatic carbocycles. The van der Waals surface area contributed by atoms with Gasteiger partial charge in [0.05, 0.1) is 6.54 Å². The van der Waals surface area contributed by atoms with Gasteiger partial charge in [0, 0.05) is 17.3 Å². The smallest absolute Gasteiger partial charge is 0.350 e. The summed E-state index contributed by atoms with van der Waals surface area (Å²) in [6.07, 6.45) is 0. The van der Waals surface area contributed by atoms with E-state index in [1.807, 2.05) is 24.3 Å². The molecule has 0 saturated carbocycles. The first-order chi connectivity index (χ1) is 13.5. The number of halogens is 1. The zero-order chi connectivity index (χ0) is 19.7. The number of hydrogen-bond acceptors (Lipinski definition) is 4. The van der Waals surface area contributed by atoms with Crippen molar-refractivity contribution in [3.63, 3.8) is 0 Å². The zero-order valence-electron chi connectivity index (χ0n) is 14.7. The van der Waals surface area contributed by atoms with E-state index in [9.17, 15) is 14.4 Å². The molecule has 2 amide bonds. The van der Waals surface area contributed by atoms with Crippen LogP contribution in [0.1, 0.15) is 11.4 Å². The number of rotatable bonds is 5. The van der Waals surface area contributed by atoms with Crippen LogP contribution in [0.25, 0.3) is 0 Å². The Labute approximate surface area is 164 Å². The van der Waals surface area contributed by atoms with Gasteiger partial charge in [0.2, 0.25) is 5.91 Å². The summed E-state index contributed by atoms with van der Waals surface area (Å²) in [5.41, 5.74) is 0.818. The Morgan fingerprint density at radius 1 is 1.07 bits per heavy atom. The highest BCUT2D eigenvalue weighted by Gasteiger charge is 2.33. The number of hydrogen-bond donors (Lipinski definition) is 1. The first-order valence-corrected chi connectivity index (χ1v) is 8.98. The van der Waals surface area contributed by atoms with E-state index in [2.05, 4.69) is 10.4 Å². The largest absolute Gasteiger partial charge is 0.354 e. The second kappa shape index (κ2) is 7.32. The molecule has 0 radical (unpaired) electrons. The molecule has 2 aromatic carbocycles. The molecule has 142 valence electrons. The number of aromatic nitrogens is 3. The summed E-state index contributed by atoms with van der Waals surface area (Å²) in [5.74, 6) is -0.0936. The average molecular weight is 398 g/mol. The monoisotopic (exact) mass is 397 g/mol. The number of para-hydroxylation sites is 1. The van der Waals surface area contributed by atoms with Gasteiger partial charge in [-0.3, -0.25) is 9.69 Å². The number of benzene rings is 2. The first-order valence-electron chi connectivity index (χ1n) is 8.60. The molecule has 8 nitrogen and oxygen atoms in total. The van der Waals surface area contributed by atoms with Crippen molar-refractivity contribution in [3.05, 3.63) is 81.5 Å². The van der Waals surface area contributed by atoms with Gasteiger partial charge in [0.15, 0.2) is 5.82 Å². The lowest BCUT2D eigenvalue weighted by atomic mass is 10.2. The molecule has 1 aliphatic rings. The summed E-state index contributed by atoms with van der Waals surface area (Å²) in [6.45, 7) is 0.135. The summed E-state index contributed by atoms with van der Waals surface area (Å²) >= 11 is 6.06. The summed E-state index contributed by atoms with van der Waals surface area (Å²) in [5, 5.41) is 7.39. The predicted octanol–water partition coefficient (Wildman–Crippen LogP) is 2.00. The van der Waals surface area contributed by atoms with E-state index in [4.69, 9.17) is 11.6 Å². The fourth-order valence-electron chi connectivity index (χ4n) is 3.02. The average Bonchev–Trinajstić information content (AvgIpc) is 3.18. The van der Waals surface area contributed by atoms with Gasteiger partial charge in [0.25, 0.3) is 0 Å². The maximum Gasteiger partial charge on any atom is 0.354 e. The number of amides is 2. The number of anilines is 1. The molecule has 28 heavy (non-hydrogen) atoms. The van der Waals surface area contributed by atoms with Crippen LogP contribution in [0.15, 0.2) is 59.4 Å². The molecule has 2 heterocycles. The Kier molecular flexibility index (Phi) is 4.70. The van der Waals surface area contributed by atoms with Crippen LogP contribution in [0.4, 0.5) is 10.5 Å². The van der Waals surface area contributed by atoms with Gasteiger partial charge in [0.1, 0.15) is 6.54 Å². The Morgan fingerprint density at radius 3 is 2.50 bits per heavy atom. The maximum absolute atomic E-state index is 12.6. The van der Waals surface area contributed by atoms with E-state index < -0.39 is 17.6 Å². The van der Waals surface area contributed by atoms with Gasteiger partial charge in [-0.25, -0.2) is 14.3 Å². The Bertz CT molecular complexity index is 1110. The van der Waals surface area contributed by atoms with Gasteiger partial charge in [-0.15, -0.1) is 0 Å². The molecular weight excluding hydrogens is 382 g/mol. The number of nitrogens with one attached hydrogen (secondary N) is 1. The second-order valence-corrected chi connectivity index (χ2v) is 6.67. The molecule has 0 saturated heterocycles. The van der Waals surface area contributed by atoms with Crippen LogP contribution in [-0.4, -0.2) is 26.3 Å². The molecular formula is C19H16ClN5O3. The molecule has 4 rings (SSSR count). The second-order valence-electron chi connectivity index (χ2n) is 6.26. The van der Waals surface area contributed by atoms with Crippen molar-refractivity contribution in [3.8, 4) is 0 Å². The maximum atomic E-state index is 12.6. The van der Waals surface area contributed by atoms with E-state index in [-0.39, 0.29) is 19.6 Å². The number of carbonyl (C=O) groups excluding carboxylic acids is 2.